The third-order valence-electron chi connectivity index (χ3n) is 8.20. The van der Waals surface area contributed by atoms with E-state index in [1.807, 2.05) is 0 Å². The molecule has 1 aliphatic heterocycles. The number of rotatable bonds is 26. The molecule has 0 aromatic heterocycles. The zero-order valence-electron chi connectivity index (χ0n) is 30.3. The van der Waals surface area contributed by atoms with E-state index < -0.39 is 54.6 Å². The van der Waals surface area contributed by atoms with Crippen LogP contribution in [0.3, 0.4) is 0 Å². The first kappa shape index (κ1) is 42.7. The van der Waals surface area contributed by atoms with Gasteiger partial charge in [-0.2, -0.15) is 0 Å². The summed E-state index contributed by atoms with van der Waals surface area (Å²) in [5, 5.41) is 0. The van der Waals surface area contributed by atoms with Gasteiger partial charge in [0.05, 0.1) is 6.61 Å². The van der Waals surface area contributed by atoms with Crippen LogP contribution in [0.15, 0.2) is 0 Å². The summed E-state index contributed by atoms with van der Waals surface area (Å²) < 4.78 is 33.4. The Balaban J connectivity index is 2.53. The molecule has 0 spiro atoms. The van der Waals surface area contributed by atoms with E-state index in [0.717, 1.165) is 39.1 Å². The van der Waals surface area contributed by atoms with Gasteiger partial charge in [-0.05, 0) is 52.5 Å². The van der Waals surface area contributed by atoms with E-state index in [4.69, 9.17) is 28.4 Å². The third-order valence-corrected chi connectivity index (χ3v) is 8.20. The van der Waals surface area contributed by atoms with Crippen LogP contribution in [0, 0.1) is 0 Å². The van der Waals surface area contributed by atoms with E-state index in [9.17, 15) is 19.2 Å². The lowest BCUT2D eigenvalue weighted by Crippen LogP contribution is -2.63. The van der Waals surface area contributed by atoms with Crippen LogP contribution in [0.25, 0.3) is 0 Å². The summed E-state index contributed by atoms with van der Waals surface area (Å²) in [7, 11) is 2.08. The van der Waals surface area contributed by atoms with Gasteiger partial charge in [0.15, 0.2) is 24.6 Å². The van der Waals surface area contributed by atoms with E-state index in [2.05, 4.69) is 30.7 Å². The Morgan fingerprint density at radius 1 is 0.596 bits per heavy atom. The maximum Gasteiger partial charge on any atom is 0.303 e. The molecular formula is C35H64N2O10. The van der Waals surface area contributed by atoms with Gasteiger partial charge in [-0.15, -0.1) is 0 Å². The predicted molar refractivity (Wildman–Crippen MR) is 179 cm³/mol. The molecule has 1 fully saturated rings. The van der Waals surface area contributed by atoms with Crippen LogP contribution in [0.5, 0.6) is 0 Å². The van der Waals surface area contributed by atoms with E-state index >= 15 is 0 Å². The molecular weight excluding hydrogens is 608 g/mol. The lowest BCUT2D eigenvalue weighted by atomic mass is 9.98. The Labute approximate surface area is 283 Å². The second-order valence-electron chi connectivity index (χ2n) is 12.6. The first-order valence-corrected chi connectivity index (χ1v) is 17.8. The van der Waals surface area contributed by atoms with Crippen molar-refractivity contribution in [1.82, 2.24) is 9.80 Å². The monoisotopic (exact) mass is 672 g/mol. The molecule has 0 radical (unpaired) electrons. The molecule has 274 valence electrons. The molecule has 0 amide bonds. The zero-order chi connectivity index (χ0) is 35.0. The van der Waals surface area contributed by atoms with Crippen molar-refractivity contribution in [3.05, 3.63) is 0 Å². The highest BCUT2D eigenvalue weighted by atomic mass is 16.7. The number of carbonyl (C=O) groups excluding carboxylic acids is 4. The average Bonchev–Trinajstić information content (AvgIpc) is 3.00. The van der Waals surface area contributed by atoms with Crippen LogP contribution in [0.2, 0.25) is 0 Å². The number of hydrogen-bond donors (Lipinski definition) is 0. The Morgan fingerprint density at radius 2 is 1.11 bits per heavy atom. The maximum absolute atomic E-state index is 12.0. The molecule has 1 rings (SSSR count). The van der Waals surface area contributed by atoms with Crippen molar-refractivity contribution >= 4 is 23.9 Å². The highest BCUT2D eigenvalue weighted by Crippen LogP contribution is 2.30. The Kier molecular flexibility index (Phi) is 23.4. The van der Waals surface area contributed by atoms with Crippen molar-refractivity contribution in [2.24, 2.45) is 0 Å². The fraction of sp³-hybridized carbons (Fsp3) is 0.886. The summed E-state index contributed by atoms with van der Waals surface area (Å²) in [5.74, 6) is -2.57. The Bertz CT molecular complexity index is 888. The molecule has 47 heavy (non-hydrogen) atoms. The molecule has 0 aromatic carbocycles. The van der Waals surface area contributed by atoms with Gasteiger partial charge in [0.2, 0.25) is 0 Å². The summed E-state index contributed by atoms with van der Waals surface area (Å²) in [6.45, 7) is 14.3. The first-order valence-electron chi connectivity index (χ1n) is 17.8. The third kappa shape index (κ3) is 20.0. The lowest BCUT2D eigenvalue weighted by Gasteiger charge is -2.44. The molecule has 0 saturated carbocycles. The van der Waals surface area contributed by atoms with Gasteiger partial charge < -0.3 is 38.2 Å². The van der Waals surface area contributed by atoms with Crippen LogP contribution >= 0.6 is 0 Å². The number of ether oxygens (including phenoxy) is 6. The fourth-order valence-electron chi connectivity index (χ4n) is 5.78. The quantitative estimate of drug-likeness (QED) is 0.0693. The number of hydrogen-bond acceptors (Lipinski definition) is 12. The number of esters is 4. The van der Waals surface area contributed by atoms with Crippen LogP contribution in [0.4, 0.5) is 0 Å². The van der Waals surface area contributed by atoms with Gasteiger partial charge in [0, 0.05) is 34.2 Å². The molecule has 12 nitrogen and oxygen atoms in total. The summed E-state index contributed by atoms with van der Waals surface area (Å²) in [6.07, 6.45) is 9.43. The van der Waals surface area contributed by atoms with Crippen LogP contribution < -0.4 is 0 Å². The van der Waals surface area contributed by atoms with E-state index in [1.54, 1.807) is 0 Å². The summed E-state index contributed by atoms with van der Waals surface area (Å²) in [5.41, 5.74) is 0. The van der Waals surface area contributed by atoms with E-state index in [-0.39, 0.29) is 13.2 Å². The number of unbranched alkanes of at least 4 members (excludes halogenated alkanes) is 9. The van der Waals surface area contributed by atoms with Crippen molar-refractivity contribution in [1.29, 1.82) is 0 Å². The molecule has 5 atom stereocenters. The highest BCUT2D eigenvalue weighted by molar-refractivity contribution is 5.68. The van der Waals surface area contributed by atoms with Crippen molar-refractivity contribution in [2.75, 3.05) is 53.0 Å². The van der Waals surface area contributed by atoms with Crippen LogP contribution in [0.1, 0.15) is 119 Å². The molecule has 1 heterocycles. The number of carbonyl (C=O) groups is 4. The summed E-state index contributed by atoms with van der Waals surface area (Å²) in [6, 6.07) is 0. The predicted octanol–water partition coefficient (Wildman–Crippen LogP) is 5.04. The molecule has 1 saturated heterocycles. The van der Waals surface area contributed by atoms with Gasteiger partial charge in [0.25, 0.3) is 0 Å². The fourth-order valence-corrected chi connectivity index (χ4v) is 5.78. The molecule has 4 unspecified atom stereocenters. The Morgan fingerprint density at radius 3 is 1.66 bits per heavy atom. The molecule has 1 aliphatic rings. The van der Waals surface area contributed by atoms with Crippen LogP contribution in [-0.2, 0) is 47.6 Å². The van der Waals surface area contributed by atoms with Gasteiger partial charge in [-0.1, -0.05) is 71.6 Å². The maximum atomic E-state index is 12.0. The largest absolute Gasteiger partial charge is 0.463 e. The molecule has 0 N–H and O–H groups in total. The van der Waals surface area contributed by atoms with Gasteiger partial charge in [0.1, 0.15) is 12.7 Å². The number of nitrogens with zero attached hydrogens (tertiary/aromatic N) is 2. The minimum Gasteiger partial charge on any atom is -0.463 e. The van der Waals surface area contributed by atoms with E-state index in [0.29, 0.717) is 6.42 Å². The van der Waals surface area contributed by atoms with Gasteiger partial charge in [-0.3, -0.25) is 19.2 Å². The van der Waals surface area contributed by atoms with Gasteiger partial charge in [-0.25, -0.2) is 0 Å². The second kappa shape index (κ2) is 25.7. The summed E-state index contributed by atoms with van der Waals surface area (Å²) >= 11 is 0. The zero-order valence-corrected chi connectivity index (χ0v) is 30.3. The smallest absolute Gasteiger partial charge is 0.303 e. The lowest BCUT2D eigenvalue weighted by molar-refractivity contribution is -0.308. The molecule has 0 aromatic rings. The SMILES string of the molecule is CCCCCCCCCCCCN(CC)CCCN(C)CCCOC1OC(COC(C)=O)[C@H](OC(C)=O)C(OC(C)=O)C1OC(C)=O. The molecule has 12 heteroatoms. The standard InChI is InChI=1S/C35H64N2O10/c1-8-10-11-12-13-14-15-16-17-18-23-37(9-2)24-19-21-36(7)22-20-25-42-35-34(46-30(6)41)33(45-29(5)40)32(44-28(4)39)31(47-35)26-43-27(3)38/h31-35H,8-26H2,1-7H3/t31?,32-,33?,34?,35?/m0/s1. The second-order valence-corrected chi connectivity index (χ2v) is 12.6. The van der Waals surface area contributed by atoms with E-state index in [1.165, 1.54) is 91.9 Å². The minimum absolute atomic E-state index is 0.262. The van der Waals surface area contributed by atoms with Crippen molar-refractivity contribution in [3.63, 3.8) is 0 Å². The summed E-state index contributed by atoms with van der Waals surface area (Å²) in [4.78, 5) is 52.2. The normalized spacial score (nSPS) is 21.1. The van der Waals surface area contributed by atoms with Crippen molar-refractivity contribution in [2.45, 2.75) is 149 Å². The first-order chi connectivity index (χ1) is 22.5. The molecule has 0 bridgehead atoms. The Hall–Kier alpha value is -2.28. The van der Waals surface area contributed by atoms with Crippen molar-refractivity contribution in [3.8, 4) is 0 Å². The van der Waals surface area contributed by atoms with Crippen molar-refractivity contribution < 1.29 is 47.6 Å². The van der Waals surface area contributed by atoms with Crippen LogP contribution in [-0.4, -0.2) is 117 Å². The van der Waals surface area contributed by atoms with Gasteiger partial charge >= 0.3 is 23.9 Å². The average molecular weight is 673 g/mol. The highest BCUT2D eigenvalue weighted by Gasteiger charge is 2.52. The molecule has 0 aliphatic carbocycles. The minimum atomic E-state index is -1.23. The topological polar surface area (TPSA) is 130 Å².